The maximum atomic E-state index is 5.62. The lowest BCUT2D eigenvalue weighted by Gasteiger charge is -1.96. The SMILES string of the molecule is Cc1nc2c(Br)cc(N)cn2n1. The maximum Gasteiger partial charge on any atom is 0.169 e. The largest absolute Gasteiger partial charge is 0.397 e. The molecular weight excluding hydrogens is 220 g/mol. The van der Waals surface area contributed by atoms with Crippen molar-refractivity contribution in [3.05, 3.63) is 22.6 Å². The monoisotopic (exact) mass is 226 g/mol. The average molecular weight is 227 g/mol. The lowest BCUT2D eigenvalue weighted by Crippen LogP contribution is -1.92. The van der Waals surface area contributed by atoms with Crippen LogP contribution >= 0.6 is 15.9 Å². The van der Waals surface area contributed by atoms with Crippen molar-refractivity contribution < 1.29 is 0 Å². The number of aryl methyl sites for hydroxylation is 1. The van der Waals surface area contributed by atoms with Gasteiger partial charge in [-0.05, 0) is 28.9 Å². The van der Waals surface area contributed by atoms with Crippen molar-refractivity contribution in [1.29, 1.82) is 0 Å². The molecule has 2 rings (SSSR count). The topological polar surface area (TPSA) is 56.2 Å². The van der Waals surface area contributed by atoms with Crippen molar-refractivity contribution in [2.75, 3.05) is 5.73 Å². The number of nitrogen functional groups attached to an aromatic ring is 1. The Morgan fingerprint density at radius 3 is 3.08 bits per heavy atom. The predicted molar refractivity (Wildman–Crippen MR) is 49.8 cm³/mol. The Bertz CT molecular complexity index is 434. The van der Waals surface area contributed by atoms with E-state index in [0.29, 0.717) is 5.69 Å². The highest BCUT2D eigenvalue weighted by Crippen LogP contribution is 2.18. The number of hydrogen-bond acceptors (Lipinski definition) is 3. The number of nitrogens with two attached hydrogens (primary N) is 1. The minimum absolute atomic E-state index is 0.666. The predicted octanol–water partition coefficient (Wildman–Crippen LogP) is 1.38. The van der Waals surface area contributed by atoms with Crippen LogP contribution in [0.25, 0.3) is 5.65 Å². The van der Waals surface area contributed by atoms with E-state index >= 15 is 0 Å². The molecule has 62 valence electrons. The zero-order chi connectivity index (χ0) is 8.72. The van der Waals surface area contributed by atoms with Crippen molar-refractivity contribution >= 4 is 27.3 Å². The van der Waals surface area contributed by atoms with E-state index < -0.39 is 0 Å². The van der Waals surface area contributed by atoms with E-state index in [4.69, 9.17) is 5.73 Å². The highest BCUT2D eigenvalue weighted by atomic mass is 79.9. The third-order valence-electron chi connectivity index (χ3n) is 1.52. The summed E-state index contributed by atoms with van der Waals surface area (Å²) < 4.78 is 2.53. The Hall–Kier alpha value is -1.10. The van der Waals surface area contributed by atoms with Crippen LogP contribution in [0.5, 0.6) is 0 Å². The molecule has 2 N–H and O–H groups in total. The van der Waals surface area contributed by atoms with Crippen LogP contribution in [0.2, 0.25) is 0 Å². The molecule has 4 nitrogen and oxygen atoms in total. The summed E-state index contributed by atoms with van der Waals surface area (Å²) in [6.45, 7) is 1.84. The van der Waals surface area contributed by atoms with Gasteiger partial charge in [-0.1, -0.05) is 0 Å². The molecule has 5 heteroatoms. The molecule has 0 atom stereocenters. The van der Waals surface area contributed by atoms with Crippen LogP contribution < -0.4 is 5.73 Å². The van der Waals surface area contributed by atoms with Gasteiger partial charge in [0.1, 0.15) is 5.82 Å². The molecule has 2 aromatic rings. The van der Waals surface area contributed by atoms with Gasteiger partial charge in [-0.25, -0.2) is 9.50 Å². The van der Waals surface area contributed by atoms with Gasteiger partial charge in [-0.3, -0.25) is 0 Å². The number of hydrogen-bond donors (Lipinski definition) is 1. The summed E-state index contributed by atoms with van der Waals surface area (Å²) >= 11 is 3.36. The Kier molecular flexibility index (Phi) is 1.54. The molecule has 0 unspecified atom stereocenters. The normalized spacial score (nSPS) is 10.8. The van der Waals surface area contributed by atoms with E-state index in [1.165, 1.54) is 0 Å². The second-order valence-corrected chi connectivity index (χ2v) is 3.40. The molecule has 0 bridgehead atoms. The van der Waals surface area contributed by atoms with Gasteiger partial charge in [0.15, 0.2) is 5.65 Å². The molecule has 0 radical (unpaired) electrons. The number of fused-ring (bicyclic) bond motifs is 1. The van der Waals surface area contributed by atoms with Gasteiger partial charge < -0.3 is 5.73 Å². The summed E-state index contributed by atoms with van der Waals surface area (Å²) in [5, 5.41) is 4.13. The van der Waals surface area contributed by atoms with Crippen molar-refractivity contribution in [2.24, 2.45) is 0 Å². The summed E-state index contributed by atoms with van der Waals surface area (Å²) in [6.07, 6.45) is 1.74. The van der Waals surface area contributed by atoms with E-state index in [2.05, 4.69) is 26.0 Å². The summed E-state index contributed by atoms with van der Waals surface area (Å²) in [4.78, 5) is 4.20. The number of aromatic nitrogens is 3. The highest BCUT2D eigenvalue weighted by Gasteiger charge is 2.03. The lowest BCUT2D eigenvalue weighted by molar-refractivity contribution is 0.931. The van der Waals surface area contributed by atoms with Crippen molar-refractivity contribution in [2.45, 2.75) is 6.92 Å². The first kappa shape index (κ1) is 7.54. The lowest BCUT2D eigenvalue weighted by atomic mass is 10.4. The van der Waals surface area contributed by atoms with Crippen LogP contribution in [-0.4, -0.2) is 14.6 Å². The highest BCUT2D eigenvalue weighted by molar-refractivity contribution is 9.10. The second-order valence-electron chi connectivity index (χ2n) is 2.55. The zero-order valence-electron chi connectivity index (χ0n) is 6.45. The maximum absolute atomic E-state index is 5.62. The summed E-state index contributed by atoms with van der Waals surface area (Å²) in [7, 11) is 0. The van der Waals surface area contributed by atoms with Crippen LogP contribution in [0.1, 0.15) is 5.82 Å². The smallest absolute Gasteiger partial charge is 0.169 e. The third kappa shape index (κ3) is 1.06. The van der Waals surface area contributed by atoms with Crippen molar-refractivity contribution in [3.63, 3.8) is 0 Å². The Balaban J connectivity index is 2.88. The van der Waals surface area contributed by atoms with Gasteiger partial charge >= 0.3 is 0 Å². The molecular formula is C7H7BrN4. The molecule has 0 spiro atoms. The average Bonchev–Trinajstić information content (AvgIpc) is 2.29. The van der Waals surface area contributed by atoms with E-state index in [1.54, 1.807) is 10.7 Å². The fourth-order valence-electron chi connectivity index (χ4n) is 1.07. The minimum Gasteiger partial charge on any atom is -0.397 e. The summed E-state index contributed by atoms with van der Waals surface area (Å²) in [6, 6.07) is 1.81. The molecule has 0 fully saturated rings. The Morgan fingerprint density at radius 2 is 2.33 bits per heavy atom. The first-order valence-corrected chi connectivity index (χ1v) is 4.24. The number of halogens is 1. The Labute approximate surface area is 77.5 Å². The van der Waals surface area contributed by atoms with Crippen LogP contribution in [0.15, 0.2) is 16.7 Å². The molecule has 2 heterocycles. The minimum atomic E-state index is 0.666. The van der Waals surface area contributed by atoms with Gasteiger partial charge in [-0.15, -0.1) is 0 Å². The van der Waals surface area contributed by atoms with Crippen LogP contribution in [0.3, 0.4) is 0 Å². The zero-order valence-corrected chi connectivity index (χ0v) is 8.04. The quantitative estimate of drug-likeness (QED) is 0.739. The summed E-state index contributed by atoms with van der Waals surface area (Å²) in [5.41, 5.74) is 7.07. The van der Waals surface area contributed by atoms with E-state index in [0.717, 1.165) is 15.9 Å². The first-order chi connectivity index (χ1) is 5.66. The third-order valence-corrected chi connectivity index (χ3v) is 2.10. The van der Waals surface area contributed by atoms with Gasteiger partial charge in [0.25, 0.3) is 0 Å². The van der Waals surface area contributed by atoms with Crippen molar-refractivity contribution in [1.82, 2.24) is 14.6 Å². The number of anilines is 1. The number of rotatable bonds is 0. The van der Waals surface area contributed by atoms with Crippen LogP contribution in [-0.2, 0) is 0 Å². The van der Waals surface area contributed by atoms with E-state index in [9.17, 15) is 0 Å². The molecule has 0 amide bonds. The molecule has 0 aliphatic carbocycles. The van der Waals surface area contributed by atoms with Crippen LogP contribution in [0, 0.1) is 6.92 Å². The standard InChI is InChI=1S/C7H7BrN4/c1-4-10-7-6(8)2-5(9)3-12(7)11-4/h2-3H,9H2,1H3. The fraction of sp³-hybridized carbons (Fsp3) is 0.143. The molecule has 0 aromatic carbocycles. The molecule has 12 heavy (non-hydrogen) atoms. The molecule has 0 saturated heterocycles. The van der Waals surface area contributed by atoms with Crippen molar-refractivity contribution in [3.8, 4) is 0 Å². The molecule has 2 aromatic heterocycles. The summed E-state index contributed by atoms with van der Waals surface area (Å²) in [5.74, 6) is 0.737. The molecule has 0 saturated carbocycles. The fourth-order valence-corrected chi connectivity index (χ4v) is 1.61. The number of pyridine rings is 1. The van der Waals surface area contributed by atoms with Gasteiger partial charge in [0.05, 0.1) is 16.4 Å². The Morgan fingerprint density at radius 1 is 1.58 bits per heavy atom. The first-order valence-electron chi connectivity index (χ1n) is 3.45. The van der Waals surface area contributed by atoms with Gasteiger partial charge in [0.2, 0.25) is 0 Å². The van der Waals surface area contributed by atoms with E-state index in [-0.39, 0.29) is 0 Å². The van der Waals surface area contributed by atoms with Gasteiger partial charge in [-0.2, -0.15) is 5.10 Å². The number of nitrogens with zero attached hydrogens (tertiary/aromatic N) is 3. The second kappa shape index (κ2) is 2.45. The molecule has 0 aliphatic rings. The van der Waals surface area contributed by atoms with E-state index in [1.807, 2.05) is 13.0 Å². The molecule has 0 aliphatic heterocycles. The van der Waals surface area contributed by atoms with Gasteiger partial charge in [0, 0.05) is 0 Å². The van der Waals surface area contributed by atoms with Crippen LogP contribution in [0.4, 0.5) is 5.69 Å².